The van der Waals surface area contributed by atoms with Crippen molar-refractivity contribution in [1.29, 1.82) is 0 Å². The van der Waals surface area contributed by atoms with Gasteiger partial charge in [0.2, 0.25) is 0 Å². The Morgan fingerprint density at radius 2 is 1.81 bits per heavy atom. The number of rotatable bonds is 1. The molecule has 110 valence electrons. The average Bonchev–Trinajstić information content (AvgIpc) is 2.86. The van der Waals surface area contributed by atoms with Gasteiger partial charge in [0.05, 0.1) is 5.69 Å². The Labute approximate surface area is 117 Å². The Balaban J connectivity index is 2.01. The Kier molecular flexibility index (Phi) is 3.29. The van der Waals surface area contributed by atoms with E-state index in [2.05, 4.69) is 15.5 Å². The highest BCUT2D eigenvalue weighted by atomic mass is 19.4. The Morgan fingerprint density at radius 3 is 2.48 bits per heavy atom. The molecule has 0 saturated heterocycles. The van der Waals surface area contributed by atoms with Crippen molar-refractivity contribution in [2.45, 2.75) is 12.7 Å². The zero-order valence-corrected chi connectivity index (χ0v) is 10.8. The summed E-state index contributed by atoms with van der Waals surface area (Å²) in [6.45, 7) is 0.522. The third kappa shape index (κ3) is 2.69. The van der Waals surface area contributed by atoms with Crippen molar-refractivity contribution in [3.63, 3.8) is 0 Å². The Morgan fingerprint density at radius 1 is 1.10 bits per heavy atom. The molecule has 2 heterocycles. The molecule has 2 N–H and O–H groups in total. The van der Waals surface area contributed by atoms with Crippen LogP contribution in [0.3, 0.4) is 0 Å². The van der Waals surface area contributed by atoms with E-state index in [4.69, 9.17) is 0 Å². The highest BCUT2D eigenvalue weighted by Gasteiger charge is 2.38. The number of hydrogen-bond donors (Lipinski definition) is 2. The zero-order chi connectivity index (χ0) is 15.0. The number of aromatic amines is 1. The van der Waals surface area contributed by atoms with E-state index in [0.29, 0.717) is 23.4 Å². The van der Waals surface area contributed by atoms with Gasteiger partial charge >= 0.3 is 6.18 Å². The first-order valence-electron chi connectivity index (χ1n) is 6.27. The van der Waals surface area contributed by atoms with Crippen LogP contribution in [0.4, 0.5) is 17.6 Å². The lowest BCUT2D eigenvalue weighted by atomic mass is 9.99. The van der Waals surface area contributed by atoms with Crippen LogP contribution in [-0.4, -0.2) is 16.7 Å². The lowest BCUT2D eigenvalue weighted by Gasteiger charge is -2.17. The van der Waals surface area contributed by atoms with Crippen molar-refractivity contribution in [1.82, 2.24) is 15.5 Å². The summed E-state index contributed by atoms with van der Waals surface area (Å²) in [6, 6.07) is 5.73. The van der Waals surface area contributed by atoms with E-state index in [1.165, 1.54) is 12.1 Å². The van der Waals surface area contributed by atoms with Gasteiger partial charge in [0, 0.05) is 18.7 Å². The molecule has 0 aliphatic carbocycles. The molecular formula is C14H11F4N3. The molecule has 3 rings (SSSR count). The fourth-order valence-electron chi connectivity index (χ4n) is 2.32. The van der Waals surface area contributed by atoms with Gasteiger partial charge in [-0.05, 0) is 29.3 Å². The molecule has 0 saturated carbocycles. The second kappa shape index (κ2) is 5.00. The molecule has 0 fully saturated rings. The summed E-state index contributed by atoms with van der Waals surface area (Å²) in [5.41, 5.74) is 0.939. The van der Waals surface area contributed by atoms with Crippen molar-refractivity contribution in [2.24, 2.45) is 0 Å². The first kappa shape index (κ1) is 13.8. The van der Waals surface area contributed by atoms with E-state index in [1.54, 1.807) is 18.2 Å². The van der Waals surface area contributed by atoms with Crippen LogP contribution in [0.1, 0.15) is 22.5 Å². The van der Waals surface area contributed by atoms with Gasteiger partial charge in [-0.2, -0.15) is 18.3 Å². The van der Waals surface area contributed by atoms with Crippen molar-refractivity contribution < 1.29 is 17.6 Å². The maximum absolute atomic E-state index is 12.9. The number of fused-ring (bicyclic) bond motifs is 1. The molecular weight excluding hydrogens is 286 g/mol. The predicted octanol–water partition coefficient (Wildman–Crippen LogP) is 3.21. The lowest BCUT2D eigenvalue weighted by Crippen LogP contribution is -2.24. The number of aromatic nitrogens is 2. The molecule has 0 spiro atoms. The number of benzene rings is 1. The van der Waals surface area contributed by atoms with Crippen LogP contribution >= 0.6 is 0 Å². The molecule has 1 aliphatic heterocycles. The molecule has 0 radical (unpaired) electrons. The second-order valence-electron chi connectivity index (χ2n) is 4.75. The lowest BCUT2D eigenvalue weighted by molar-refractivity contribution is -0.141. The van der Waals surface area contributed by atoms with E-state index in [0.717, 1.165) is 0 Å². The Hall–Kier alpha value is -2.15. The fourth-order valence-corrected chi connectivity index (χ4v) is 2.32. The van der Waals surface area contributed by atoms with Gasteiger partial charge in [0.15, 0.2) is 0 Å². The number of nitrogens with zero attached hydrogens (tertiary/aromatic N) is 1. The zero-order valence-electron chi connectivity index (χ0n) is 10.8. The van der Waals surface area contributed by atoms with Gasteiger partial charge in [0.25, 0.3) is 0 Å². The number of alkyl halides is 3. The smallest absolute Gasteiger partial charge is 0.308 e. The number of hydrogen-bond acceptors (Lipinski definition) is 2. The van der Waals surface area contributed by atoms with E-state index >= 15 is 0 Å². The summed E-state index contributed by atoms with van der Waals surface area (Å²) in [5, 5.41) is 8.78. The minimum Gasteiger partial charge on any atom is -0.308 e. The van der Waals surface area contributed by atoms with Crippen molar-refractivity contribution in [2.75, 3.05) is 6.54 Å². The minimum absolute atomic E-state index is 0.113. The van der Waals surface area contributed by atoms with Crippen molar-refractivity contribution in [3.8, 4) is 0 Å². The van der Waals surface area contributed by atoms with Crippen LogP contribution in [0, 0.1) is 5.82 Å². The second-order valence-corrected chi connectivity index (χ2v) is 4.75. The molecule has 1 aliphatic rings. The van der Waals surface area contributed by atoms with Gasteiger partial charge in [-0.1, -0.05) is 12.1 Å². The Bertz CT molecular complexity index is 683. The van der Waals surface area contributed by atoms with E-state index in [-0.39, 0.29) is 17.9 Å². The topological polar surface area (TPSA) is 40.7 Å². The number of H-pyrrole nitrogens is 1. The molecule has 0 bridgehead atoms. The third-order valence-corrected chi connectivity index (χ3v) is 3.28. The van der Waals surface area contributed by atoms with Crippen LogP contribution in [0.25, 0.3) is 11.6 Å². The van der Waals surface area contributed by atoms with Gasteiger partial charge in [0.1, 0.15) is 11.5 Å². The first-order valence-corrected chi connectivity index (χ1v) is 6.27. The highest BCUT2D eigenvalue weighted by Crippen LogP contribution is 2.35. The van der Waals surface area contributed by atoms with Gasteiger partial charge in [-0.15, -0.1) is 0 Å². The summed E-state index contributed by atoms with van der Waals surface area (Å²) >= 11 is 0. The molecule has 1 aromatic heterocycles. The van der Waals surface area contributed by atoms with Crippen molar-refractivity contribution in [3.05, 3.63) is 52.6 Å². The molecule has 0 unspecified atom stereocenters. The van der Waals surface area contributed by atoms with Crippen LogP contribution in [-0.2, 0) is 12.7 Å². The van der Waals surface area contributed by atoms with Crippen LogP contribution < -0.4 is 5.32 Å². The maximum atomic E-state index is 12.9. The van der Waals surface area contributed by atoms with E-state index < -0.39 is 11.9 Å². The van der Waals surface area contributed by atoms with Gasteiger partial charge in [-0.3, -0.25) is 5.10 Å². The van der Waals surface area contributed by atoms with Crippen LogP contribution in [0.5, 0.6) is 0 Å². The van der Waals surface area contributed by atoms with Gasteiger partial charge in [-0.25, -0.2) is 4.39 Å². The van der Waals surface area contributed by atoms with E-state index in [9.17, 15) is 17.6 Å². The average molecular weight is 297 g/mol. The quantitative estimate of drug-likeness (QED) is 0.794. The number of nitrogens with one attached hydrogen (secondary N) is 2. The molecule has 1 aromatic carbocycles. The highest BCUT2D eigenvalue weighted by molar-refractivity contribution is 5.83. The third-order valence-electron chi connectivity index (χ3n) is 3.28. The minimum atomic E-state index is -4.46. The van der Waals surface area contributed by atoms with E-state index in [1.807, 2.05) is 0 Å². The predicted molar refractivity (Wildman–Crippen MR) is 69.6 cm³/mol. The molecule has 0 atom stereocenters. The summed E-state index contributed by atoms with van der Waals surface area (Å²) in [6.07, 6.45) is -2.76. The fraction of sp³-hybridized carbons (Fsp3) is 0.214. The van der Waals surface area contributed by atoms with Crippen LogP contribution in [0.2, 0.25) is 0 Å². The normalized spacial score (nSPS) is 17.0. The molecule has 21 heavy (non-hydrogen) atoms. The molecule has 7 heteroatoms. The molecule has 3 nitrogen and oxygen atoms in total. The van der Waals surface area contributed by atoms with Gasteiger partial charge < -0.3 is 5.32 Å². The largest absolute Gasteiger partial charge is 0.433 e. The maximum Gasteiger partial charge on any atom is 0.433 e. The van der Waals surface area contributed by atoms with Crippen LogP contribution in [0.15, 0.2) is 24.3 Å². The monoisotopic (exact) mass is 297 g/mol. The molecule has 2 aromatic rings. The molecule has 0 amide bonds. The summed E-state index contributed by atoms with van der Waals surface area (Å²) in [5.74, 6) is -0.362. The summed E-state index contributed by atoms with van der Waals surface area (Å²) in [4.78, 5) is 0. The number of halogens is 4. The summed E-state index contributed by atoms with van der Waals surface area (Å²) in [7, 11) is 0. The SMILES string of the molecule is Fc1ccc(/C=C2/CNCc3c2n[nH]c3C(F)(F)F)cc1. The first-order chi connectivity index (χ1) is 9.95. The van der Waals surface area contributed by atoms with Crippen molar-refractivity contribution >= 4 is 11.6 Å². The standard InChI is InChI=1S/C14H11F4N3/c15-10-3-1-8(2-4-10)5-9-6-19-7-11-12(9)20-21-13(11)14(16,17)18/h1-5,19H,6-7H2,(H,20,21)/b9-5-. The summed E-state index contributed by atoms with van der Waals surface area (Å²) < 4.78 is 51.4.